The van der Waals surface area contributed by atoms with Crippen molar-refractivity contribution in [3.63, 3.8) is 0 Å². The predicted molar refractivity (Wildman–Crippen MR) is 77.5 cm³/mol. The maximum Gasteiger partial charge on any atom is 0.338 e. The lowest BCUT2D eigenvalue weighted by atomic mass is 10.1. The van der Waals surface area contributed by atoms with Crippen LogP contribution in [0.3, 0.4) is 0 Å². The van der Waals surface area contributed by atoms with Gasteiger partial charge in [0.1, 0.15) is 6.04 Å². The lowest BCUT2D eigenvalue weighted by Gasteiger charge is -2.33. The number of β-lactam (4-membered cyclic amide) rings is 1. The molecule has 13 heteroatoms. The smallest absolute Gasteiger partial charge is 0.338 e. The molecule has 0 radical (unpaired) electrons. The molecule has 1 atom stereocenters. The number of rotatable bonds is 4. The van der Waals surface area contributed by atoms with Gasteiger partial charge in [0.05, 0.1) is 12.1 Å². The molecule has 7 N–H and O–H groups in total. The lowest BCUT2D eigenvalue weighted by molar-refractivity contribution is -0.137. The average molecular weight is 359 g/mol. The monoisotopic (exact) mass is 359 g/mol. The van der Waals surface area contributed by atoms with E-state index in [0.29, 0.717) is 4.90 Å². The molecule has 1 aromatic rings. The van der Waals surface area contributed by atoms with E-state index in [1.807, 2.05) is 0 Å². The number of hydrazine groups is 1. The Balaban J connectivity index is 1.95. The second kappa shape index (κ2) is 6.31. The minimum Gasteiger partial charge on any atom is -0.504 e. The van der Waals surface area contributed by atoms with Crippen molar-refractivity contribution in [2.45, 2.75) is 6.04 Å². The van der Waals surface area contributed by atoms with Gasteiger partial charge in [0.2, 0.25) is 5.91 Å². The Morgan fingerprint density at radius 3 is 2.54 bits per heavy atom. The van der Waals surface area contributed by atoms with E-state index in [2.05, 4.69) is 0 Å². The van der Waals surface area contributed by atoms with Crippen LogP contribution in [0.1, 0.15) is 10.4 Å². The van der Waals surface area contributed by atoms with E-state index >= 15 is 0 Å². The van der Waals surface area contributed by atoms with Gasteiger partial charge in [0.25, 0.3) is 5.91 Å². The fourth-order valence-corrected chi connectivity index (χ4v) is 2.34. The second-order valence-corrected chi connectivity index (χ2v) is 6.11. The highest BCUT2D eigenvalue weighted by Crippen LogP contribution is 2.27. The molecule has 0 saturated carbocycles. The van der Waals surface area contributed by atoms with Crippen molar-refractivity contribution in [2.75, 3.05) is 6.54 Å². The molecule has 1 saturated heterocycles. The van der Waals surface area contributed by atoms with Crippen LogP contribution in [-0.2, 0) is 15.0 Å². The second-order valence-electron chi connectivity index (χ2n) is 4.70. The first-order chi connectivity index (χ1) is 11.1. The number of urea groups is 1. The fraction of sp³-hybridized carbons (Fsp3) is 0.182. The van der Waals surface area contributed by atoms with E-state index in [-0.39, 0.29) is 6.54 Å². The molecule has 1 aliphatic heterocycles. The third-order valence-corrected chi connectivity index (χ3v) is 3.80. The van der Waals surface area contributed by atoms with Crippen molar-refractivity contribution in [1.29, 1.82) is 0 Å². The summed E-state index contributed by atoms with van der Waals surface area (Å²) < 4.78 is 24.7. The number of nitrogens with two attached hydrogens (primary N) is 1. The average Bonchev–Trinajstić information content (AvgIpc) is 2.52. The summed E-state index contributed by atoms with van der Waals surface area (Å²) in [5, 5.41) is 18.8. The molecule has 1 aliphatic rings. The van der Waals surface area contributed by atoms with Crippen LogP contribution in [-0.4, -0.2) is 54.0 Å². The molecule has 12 nitrogen and oxygen atoms in total. The number of hydrogen-bond donors (Lipinski definition) is 6. The molecule has 0 spiro atoms. The standard InChI is InChI=1S/C11H13N5O7S/c12-6-4-16(10(6)20)11(21)14-24(22,23)15-13-9(19)5-2-1-3-7(17)8(5)18/h1-3,6,15,17-18H,4,12H2,(H,13,19)(H,14,21). The fourth-order valence-electron chi connectivity index (χ4n) is 1.73. The Labute approximate surface area is 135 Å². The number of carbonyl (C=O) groups excluding carboxylic acids is 3. The molecule has 130 valence electrons. The van der Waals surface area contributed by atoms with Crippen LogP contribution in [0.25, 0.3) is 0 Å². The van der Waals surface area contributed by atoms with Gasteiger partial charge in [0.15, 0.2) is 11.5 Å². The van der Waals surface area contributed by atoms with Gasteiger partial charge in [-0.25, -0.2) is 9.52 Å². The Bertz CT molecular complexity index is 809. The van der Waals surface area contributed by atoms with Crippen LogP contribution in [0.4, 0.5) is 4.79 Å². The summed E-state index contributed by atoms with van der Waals surface area (Å²) in [6.45, 7) is -0.135. The molecule has 1 fully saturated rings. The van der Waals surface area contributed by atoms with E-state index in [9.17, 15) is 33.0 Å². The van der Waals surface area contributed by atoms with Gasteiger partial charge < -0.3 is 15.9 Å². The number of aromatic hydroxyl groups is 2. The molecule has 1 unspecified atom stereocenters. The van der Waals surface area contributed by atoms with Crippen LogP contribution >= 0.6 is 0 Å². The Morgan fingerprint density at radius 2 is 1.96 bits per heavy atom. The number of phenols is 2. The van der Waals surface area contributed by atoms with Crippen molar-refractivity contribution < 1.29 is 33.0 Å². The van der Waals surface area contributed by atoms with Crippen LogP contribution in [0.5, 0.6) is 11.5 Å². The highest BCUT2D eigenvalue weighted by molar-refractivity contribution is 7.88. The molecule has 4 amide bonds. The van der Waals surface area contributed by atoms with Gasteiger partial charge in [-0.3, -0.25) is 19.9 Å². The summed E-state index contributed by atoms with van der Waals surface area (Å²) >= 11 is 0. The molecule has 1 aromatic carbocycles. The number of amides is 4. The molecule has 0 bridgehead atoms. The van der Waals surface area contributed by atoms with Gasteiger partial charge in [-0.1, -0.05) is 6.07 Å². The lowest BCUT2D eigenvalue weighted by Crippen LogP contribution is -2.66. The molecule has 0 aromatic heterocycles. The van der Waals surface area contributed by atoms with Crippen LogP contribution in [0.2, 0.25) is 0 Å². The first kappa shape index (κ1) is 17.5. The van der Waals surface area contributed by atoms with E-state index in [1.54, 1.807) is 10.3 Å². The molecule has 2 rings (SSSR count). The SMILES string of the molecule is NC1CN(C(=O)NS(=O)(=O)NNC(=O)c2cccc(O)c2O)C1=O. The van der Waals surface area contributed by atoms with Crippen molar-refractivity contribution in [2.24, 2.45) is 5.73 Å². The quantitative estimate of drug-likeness (QED) is 0.192. The zero-order valence-corrected chi connectivity index (χ0v) is 12.7. The summed E-state index contributed by atoms with van der Waals surface area (Å²) in [5.41, 5.74) is 6.57. The topological polar surface area (TPSA) is 191 Å². The summed E-state index contributed by atoms with van der Waals surface area (Å²) in [6, 6.07) is 1.39. The third kappa shape index (κ3) is 3.53. The molecule has 1 heterocycles. The zero-order chi connectivity index (χ0) is 18.1. The normalized spacial score (nSPS) is 17.1. The minimum atomic E-state index is -4.53. The molecular formula is C11H13N5O7S. The largest absolute Gasteiger partial charge is 0.504 e. The number of imide groups is 1. The van der Waals surface area contributed by atoms with Gasteiger partial charge in [0, 0.05) is 0 Å². The van der Waals surface area contributed by atoms with Gasteiger partial charge >= 0.3 is 16.2 Å². The predicted octanol–water partition coefficient (Wildman–Crippen LogP) is -2.54. The van der Waals surface area contributed by atoms with Crippen LogP contribution in [0.15, 0.2) is 18.2 Å². The Kier molecular flexibility index (Phi) is 4.59. The minimum absolute atomic E-state index is 0.135. The van der Waals surface area contributed by atoms with Crippen molar-refractivity contribution >= 4 is 28.1 Å². The number of carbonyl (C=O) groups is 3. The number of nitrogens with one attached hydrogen (secondary N) is 3. The number of phenolic OH excluding ortho intramolecular Hbond substituents is 2. The van der Waals surface area contributed by atoms with Crippen molar-refractivity contribution in [1.82, 2.24) is 19.9 Å². The van der Waals surface area contributed by atoms with Crippen molar-refractivity contribution in [3.8, 4) is 11.5 Å². The summed E-state index contributed by atoms with van der Waals surface area (Å²) in [5.74, 6) is -3.16. The number of benzene rings is 1. The number of likely N-dealkylation sites (tertiary alicyclic amines) is 1. The van der Waals surface area contributed by atoms with Gasteiger partial charge in [-0.05, 0) is 12.1 Å². The summed E-state index contributed by atoms with van der Waals surface area (Å²) in [7, 11) is -4.53. The van der Waals surface area contributed by atoms with Crippen LogP contribution in [0, 0.1) is 0 Å². The first-order valence-corrected chi connectivity index (χ1v) is 7.82. The molecule has 0 aliphatic carbocycles. The van der Waals surface area contributed by atoms with Crippen LogP contribution < -0.4 is 20.7 Å². The summed E-state index contributed by atoms with van der Waals surface area (Å²) in [6.07, 6.45) is 0. The number of hydrogen-bond acceptors (Lipinski definition) is 8. The first-order valence-electron chi connectivity index (χ1n) is 6.34. The highest BCUT2D eigenvalue weighted by atomic mass is 32.2. The number of para-hydroxylation sites is 1. The van der Waals surface area contributed by atoms with E-state index in [4.69, 9.17) is 5.73 Å². The highest BCUT2D eigenvalue weighted by Gasteiger charge is 2.39. The van der Waals surface area contributed by atoms with Gasteiger partial charge in [-0.15, -0.1) is 4.83 Å². The van der Waals surface area contributed by atoms with E-state index < -0.39 is 51.2 Å². The molecular weight excluding hydrogens is 346 g/mol. The maximum atomic E-state index is 11.7. The van der Waals surface area contributed by atoms with Crippen molar-refractivity contribution in [3.05, 3.63) is 23.8 Å². The Morgan fingerprint density at radius 1 is 1.29 bits per heavy atom. The number of nitrogens with zero attached hydrogens (tertiary/aromatic N) is 1. The maximum absolute atomic E-state index is 11.7. The summed E-state index contributed by atoms with van der Waals surface area (Å²) in [4.78, 5) is 36.6. The van der Waals surface area contributed by atoms with E-state index in [0.717, 1.165) is 12.1 Å². The van der Waals surface area contributed by atoms with Gasteiger partial charge in [-0.2, -0.15) is 8.42 Å². The third-order valence-electron chi connectivity index (χ3n) is 2.99. The molecule has 24 heavy (non-hydrogen) atoms. The Hall–Kier alpha value is -2.90. The van der Waals surface area contributed by atoms with E-state index in [1.165, 1.54) is 10.8 Å². The zero-order valence-electron chi connectivity index (χ0n) is 11.9.